The summed E-state index contributed by atoms with van der Waals surface area (Å²) in [6, 6.07) is 14.5. The minimum atomic E-state index is 0.983. The highest BCUT2D eigenvalue weighted by atomic mass is 32.1. The van der Waals surface area contributed by atoms with Crippen molar-refractivity contribution in [2.24, 2.45) is 0 Å². The van der Waals surface area contributed by atoms with Crippen LogP contribution >= 0.6 is 12.6 Å². The van der Waals surface area contributed by atoms with Crippen molar-refractivity contribution in [3.05, 3.63) is 60.2 Å². The highest BCUT2D eigenvalue weighted by Crippen LogP contribution is 2.27. The predicted molar refractivity (Wildman–Crippen MR) is 74.0 cm³/mol. The first-order valence-corrected chi connectivity index (χ1v) is 5.68. The smallest absolute Gasteiger partial charge is 0.00404 e. The van der Waals surface area contributed by atoms with E-state index in [1.807, 2.05) is 18.2 Å². The monoisotopic (exact) mass is 226 g/mol. The van der Waals surface area contributed by atoms with E-state index < -0.39 is 0 Å². The Morgan fingerprint density at radius 3 is 2.38 bits per heavy atom. The van der Waals surface area contributed by atoms with E-state index in [-0.39, 0.29) is 0 Å². The first-order chi connectivity index (χ1) is 7.72. The van der Waals surface area contributed by atoms with Gasteiger partial charge in [0.2, 0.25) is 0 Å². The second-order valence-electron chi connectivity index (χ2n) is 3.79. The number of thiol groups is 1. The van der Waals surface area contributed by atoms with Crippen LogP contribution in [0.15, 0.2) is 53.9 Å². The van der Waals surface area contributed by atoms with Gasteiger partial charge in [0.15, 0.2) is 0 Å². The maximum atomic E-state index is 4.29. The SMILES string of the molecule is C=Cc1c(C)cccc1-c1ccc(S)cc1. The Morgan fingerprint density at radius 2 is 1.75 bits per heavy atom. The van der Waals surface area contributed by atoms with Crippen LogP contribution in [0.5, 0.6) is 0 Å². The number of aryl methyl sites for hydroxylation is 1. The molecule has 0 spiro atoms. The Bertz CT molecular complexity index is 509. The summed E-state index contributed by atoms with van der Waals surface area (Å²) in [5.41, 5.74) is 4.89. The van der Waals surface area contributed by atoms with Crippen molar-refractivity contribution < 1.29 is 0 Å². The van der Waals surface area contributed by atoms with E-state index in [4.69, 9.17) is 0 Å². The fraction of sp³-hybridized carbons (Fsp3) is 0.0667. The van der Waals surface area contributed by atoms with Gasteiger partial charge in [0.1, 0.15) is 0 Å². The molecule has 16 heavy (non-hydrogen) atoms. The summed E-state index contributed by atoms with van der Waals surface area (Å²) in [4.78, 5) is 0.983. The van der Waals surface area contributed by atoms with Gasteiger partial charge in [-0.05, 0) is 41.3 Å². The Labute approximate surface area is 102 Å². The van der Waals surface area contributed by atoms with Crippen LogP contribution in [0.25, 0.3) is 17.2 Å². The number of hydrogen-bond donors (Lipinski definition) is 1. The van der Waals surface area contributed by atoms with Gasteiger partial charge in [-0.25, -0.2) is 0 Å². The molecule has 0 N–H and O–H groups in total. The topological polar surface area (TPSA) is 0 Å². The average molecular weight is 226 g/mol. The zero-order valence-electron chi connectivity index (χ0n) is 9.27. The van der Waals surface area contributed by atoms with Crippen LogP contribution in [0.4, 0.5) is 0 Å². The Kier molecular flexibility index (Phi) is 3.16. The molecule has 2 rings (SSSR count). The molecule has 0 aromatic heterocycles. The average Bonchev–Trinajstić information content (AvgIpc) is 2.30. The lowest BCUT2D eigenvalue weighted by atomic mass is 9.96. The molecule has 1 heteroatoms. The van der Waals surface area contributed by atoms with E-state index in [1.165, 1.54) is 22.3 Å². The maximum absolute atomic E-state index is 4.29. The summed E-state index contributed by atoms with van der Waals surface area (Å²) < 4.78 is 0. The van der Waals surface area contributed by atoms with Crippen molar-refractivity contribution in [1.82, 2.24) is 0 Å². The van der Waals surface area contributed by atoms with E-state index in [1.54, 1.807) is 0 Å². The summed E-state index contributed by atoms with van der Waals surface area (Å²) in [5, 5.41) is 0. The third-order valence-corrected chi connectivity index (χ3v) is 3.00. The van der Waals surface area contributed by atoms with Gasteiger partial charge >= 0.3 is 0 Å². The van der Waals surface area contributed by atoms with E-state index in [0.29, 0.717) is 0 Å². The van der Waals surface area contributed by atoms with Crippen LogP contribution < -0.4 is 0 Å². The molecule has 0 heterocycles. The largest absolute Gasteiger partial charge is 0.143 e. The molecule has 80 valence electrons. The first-order valence-electron chi connectivity index (χ1n) is 5.24. The zero-order chi connectivity index (χ0) is 11.5. The van der Waals surface area contributed by atoms with E-state index in [2.05, 4.69) is 56.5 Å². The van der Waals surface area contributed by atoms with Gasteiger partial charge in [-0.1, -0.05) is 43.0 Å². The molecule has 0 atom stereocenters. The van der Waals surface area contributed by atoms with Gasteiger partial charge in [0, 0.05) is 4.90 Å². The molecular weight excluding hydrogens is 212 g/mol. The predicted octanol–water partition coefficient (Wildman–Crippen LogP) is 4.59. The highest BCUT2D eigenvalue weighted by molar-refractivity contribution is 7.80. The normalized spacial score (nSPS) is 10.1. The molecule has 0 aliphatic rings. The van der Waals surface area contributed by atoms with Crippen molar-refractivity contribution in [3.63, 3.8) is 0 Å². The minimum Gasteiger partial charge on any atom is -0.143 e. The van der Waals surface area contributed by atoms with Crippen LogP contribution in [0.1, 0.15) is 11.1 Å². The quantitative estimate of drug-likeness (QED) is 0.711. The molecule has 0 aliphatic heterocycles. The summed E-state index contributed by atoms with van der Waals surface area (Å²) >= 11 is 4.29. The number of hydrogen-bond acceptors (Lipinski definition) is 1. The summed E-state index contributed by atoms with van der Waals surface area (Å²) in [6.45, 7) is 5.99. The van der Waals surface area contributed by atoms with Crippen molar-refractivity contribution in [1.29, 1.82) is 0 Å². The van der Waals surface area contributed by atoms with Crippen LogP contribution in [-0.4, -0.2) is 0 Å². The third kappa shape index (κ3) is 2.05. The van der Waals surface area contributed by atoms with Crippen molar-refractivity contribution in [2.75, 3.05) is 0 Å². The van der Waals surface area contributed by atoms with Gasteiger partial charge in [-0.3, -0.25) is 0 Å². The van der Waals surface area contributed by atoms with Gasteiger partial charge < -0.3 is 0 Å². The summed E-state index contributed by atoms with van der Waals surface area (Å²) in [7, 11) is 0. The molecule has 0 nitrogen and oxygen atoms in total. The lowest BCUT2D eigenvalue weighted by Crippen LogP contribution is -1.86. The number of rotatable bonds is 2. The second kappa shape index (κ2) is 4.58. The van der Waals surface area contributed by atoms with Crippen LogP contribution in [0.2, 0.25) is 0 Å². The molecule has 2 aromatic rings. The number of benzene rings is 2. The lowest BCUT2D eigenvalue weighted by Gasteiger charge is -2.09. The first kappa shape index (κ1) is 11.0. The molecular formula is C15H14S. The fourth-order valence-electron chi connectivity index (χ4n) is 1.84. The molecule has 2 aromatic carbocycles. The molecule has 0 fully saturated rings. The van der Waals surface area contributed by atoms with E-state index in [9.17, 15) is 0 Å². The lowest BCUT2D eigenvalue weighted by molar-refractivity contribution is 1.42. The van der Waals surface area contributed by atoms with Crippen LogP contribution in [0, 0.1) is 6.92 Å². The van der Waals surface area contributed by atoms with Crippen molar-refractivity contribution >= 4 is 18.7 Å². The van der Waals surface area contributed by atoms with Crippen molar-refractivity contribution in [2.45, 2.75) is 11.8 Å². The van der Waals surface area contributed by atoms with Crippen LogP contribution in [0.3, 0.4) is 0 Å². The Hall–Kier alpha value is -1.47. The van der Waals surface area contributed by atoms with Crippen LogP contribution in [-0.2, 0) is 0 Å². The molecule has 0 saturated heterocycles. The molecule has 0 amide bonds. The second-order valence-corrected chi connectivity index (χ2v) is 4.30. The van der Waals surface area contributed by atoms with E-state index >= 15 is 0 Å². The van der Waals surface area contributed by atoms with Gasteiger partial charge in [0.25, 0.3) is 0 Å². The maximum Gasteiger partial charge on any atom is 0.00404 e. The summed E-state index contributed by atoms with van der Waals surface area (Å²) in [6.07, 6.45) is 1.92. The Balaban J connectivity index is 2.59. The molecule has 0 bridgehead atoms. The fourth-order valence-corrected chi connectivity index (χ4v) is 1.99. The molecule has 0 unspecified atom stereocenters. The standard InChI is InChI=1S/C15H14S/c1-3-14-11(2)5-4-6-15(14)12-7-9-13(16)10-8-12/h3-10,16H,1H2,2H3. The summed E-state index contributed by atoms with van der Waals surface area (Å²) in [5.74, 6) is 0. The van der Waals surface area contributed by atoms with Gasteiger partial charge in [-0.15, -0.1) is 12.6 Å². The zero-order valence-corrected chi connectivity index (χ0v) is 10.2. The Morgan fingerprint density at radius 1 is 1.06 bits per heavy atom. The third-order valence-electron chi connectivity index (χ3n) is 2.71. The van der Waals surface area contributed by atoms with E-state index in [0.717, 1.165) is 4.90 Å². The van der Waals surface area contributed by atoms with Gasteiger partial charge in [0.05, 0.1) is 0 Å². The molecule has 0 radical (unpaired) electrons. The highest BCUT2D eigenvalue weighted by Gasteiger charge is 2.04. The minimum absolute atomic E-state index is 0.983. The van der Waals surface area contributed by atoms with Gasteiger partial charge in [-0.2, -0.15) is 0 Å². The molecule has 0 saturated carbocycles. The molecule has 0 aliphatic carbocycles. The van der Waals surface area contributed by atoms with Crippen molar-refractivity contribution in [3.8, 4) is 11.1 Å².